The second-order valence-electron chi connectivity index (χ2n) is 2.60. The first kappa shape index (κ1) is 16.6. The standard InChI is InChI=1S/C8H7BrO4S2.Na/c9-7-3-1-6(2-4-7)8(10)5-14-15(11,12)13;/h1-4H,5H2,(H,11,12,13);/q;+1/p-1. The van der Waals surface area contributed by atoms with Gasteiger partial charge in [-0.3, -0.25) is 4.79 Å². The van der Waals surface area contributed by atoms with Gasteiger partial charge in [-0.15, -0.1) is 0 Å². The van der Waals surface area contributed by atoms with E-state index in [4.69, 9.17) is 0 Å². The molecule has 0 amide bonds. The zero-order valence-electron chi connectivity index (χ0n) is 8.34. The van der Waals surface area contributed by atoms with E-state index in [9.17, 15) is 17.8 Å². The third-order valence-corrected chi connectivity index (χ3v) is 3.92. The van der Waals surface area contributed by atoms with Crippen LogP contribution in [0.15, 0.2) is 28.7 Å². The summed E-state index contributed by atoms with van der Waals surface area (Å²) in [4.78, 5) is 11.4. The quantitative estimate of drug-likeness (QED) is 0.300. The van der Waals surface area contributed by atoms with Crippen molar-refractivity contribution in [2.75, 3.05) is 5.75 Å². The number of hydrogen-bond acceptors (Lipinski definition) is 5. The number of carbonyl (C=O) groups excluding carboxylic acids is 1. The van der Waals surface area contributed by atoms with Crippen LogP contribution in [0.5, 0.6) is 0 Å². The number of benzene rings is 1. The van der Waals surface area contributed by atoms with Gasteiger partial charge in [0.15, 0.2) is 5.78 Å². The number of hydrogen-bond donors (Lipinski definition) is 0. The van der Waals surface area contributed by atoms with Crippen LogP contribution in [0.4, 0.5) is 0 Å². The van der Waals surface area contributed by atoms with Gasteiger partial charge in [-0.1, -0.05) is 28.1 Å². The number of rotatable bonds is 4. The van der Waals surface area contributed by atoms with E-state index in [2.05, 4.69) is 15.9 Å². The molecule has 1 rings (SSSR count). The third-order valence-electron chi connectivity index (χ3n) is 1.50. The molecule has 8 heteroatoms. The number of carbonyl (C=O) groups is 1. The summed E-state index contributed by atoms with van der Waals surface area (Å²) in [7, 11) is -4.30. The van der Waals surface area contributed by atoms with Crippen molar-refractivity contribution in [3.63, 3.8) is 0 Å². The van der Waals surface area contributed by atoms with Gasteiger partial charge in [-0.05, 0) is 22.9 Å². The molecule has 0 aliphatic heterocycles. The van der Waals surface area contributed by atoms with Crippen LogP contribution in [0.3, 0.4) is 0 Å². The Morgan fingerprint density at radius 3 is 2.25 bits per heavy atom. The molecule has 0 aliphatic carbocycles. The number of Topliss-reactive ketones (excluding diaryl/α,β-unsaturated/α-hetero) is 1. The molecule has 0 spiro atoms. The van der Waals surface area contributed by atoms with E-state index in [0.717, 1.165) is 4.47 Å². The normalized spacial score (nSPS) is 10.6. The molecule has 0 aromatic heterocycles. The molecule has 1 aromatic carbocycles. The van der Waals surface area contributed by atoms with E-state index in [1.165, 1.54) is 0 Å². The minimum absolute atomic E-state index is 0. The van der Waals surface area contributed by atoms with Crippen molar-refractivity contribution in [1.82, 2.24) is 0 Å². The molecule has 0 atom stereocenters. The van der Waals surface area contributed by atoms with Crippen LogP contribution in [0.2, 0.25) is 0 Å². The predicted octanol–water partition coefficient (Wildman–Crippen LogP) is -1.17. The van der Waals surface area contributed by atoms with E-state index in [0.29, 0.717) is 5.56 Å². The number of halogens is 1. The Labute approximate surface area is 128 Å². The molecule has 0 radical (unpaired) electrons. The van der Waals surface area contributed by atoms with Crippen LogP contribution >= 0.6 is 26.7 Å². The SMILES string of the molecule is O=C(CSS(=O)(=O)[O-])c1ccc(Br)cc1.[Na+]. The van der Waals surface area contributed by atoms with Gasteiger partial charge in [0, 0.05) is 10.0 Å². The van der Waals surface area contributed by atoms with Gasteiger partial charge in [-0.25, -0.2) is 8.42 Å². The Hall–Kier alpha value is 0.630. The second-order valence-corrected chi connectivity index (χ2v) is 6.79. The first-order valence-electron chi connectivity index (χ1n) is 3.77. The van der Waals surface area contributed by atoms with E-state index in [1.807, 2.05) is 0 Å². The van der Waals surface area contributed by atoms with E-state index in [1.54, 1.807) is 24.3 Å². The molecular formula is C8H6BrNaO4S2. The van der Waals surface area contributed by atoms with E-state index < -0.39 is 9.15 Å². The first-order chi connectivity index (χ1) is 6.88. The third kappa shape index (κ3) is 6.39. The minimum atomic E-state index is -4.40. The van der Waals surface area contributed by atoms with Gasteiger partial charge in [0.2, 0.25) is 0 Å². The summed E-state index contributed by atoms with van der Waals surface area (Å²) in [5.41, 5.74) is 0.384. The fraction of sp³-hybridized carbons (Fsp3) is 0.125. The minimum Gasteiger partial charge on any atom is -0.739 e. The summed E-state index contributed by atoms with van der Waals surface area (Å²) >= 11 is 3.20. The van der Waals surface area contributed by atoms with Crippen LogP contribution in [-0.2, 0) is 9.15 Å². The van der Waals surface area contributed by atoms with Gasteiger partial charge in [0.1, 0.15) is 9.15 Å². The van der Waals surface area contributed by atoms with Gasteiger partial charge in [0.25, 0.3) is 0 Å². The fourth-order valence-electron chi connectivity index (χ4n) is 0.845. The maximum atomic E-state index is 11.4. The Morgan fingerprint density at radius 2 is 1.81 bits per heavy atom. The Kier molecular flexibility index (Phi) is 7.43. The number of ketones is 1. The Balaban J connectivity index is 0.00000225. The van der Waals surface area contributed by atoms with Crippen molar-refractivity contribution < 1.29 is 47.3 Å². The van der Waals surface area contributed by atoms with Crippen molar-refractivity contribution in [1.29, 1.82) is 0 Å². The fourth-order valence-corrected chi connectivity index (χ4v) is 2.28. The molecule has 0 fully saturated rings. The van der Waals surface area contributed by atoms with Crippen molar-refractivity contribution in [3.05, 3.63) is 34.3 Å². The molecule has 0 aliphatic rings. The molecule has 0 unspecified atom stereocenters. The molecule has 0 bridgehead atoms. The van der Waals surface area contributed by atoms with Crippen molar-refractivity contribution in [2.24, 2.45) is 0 Å². The van der Waals surface area contributed by atoms with Crippen molar-refractivity contribution >= 4 is 41.7 Å². The molecule has 0 N–H and O–H groups in total. The average Bonchev–Trinajstić information content (AvgIpc) is 2.14. The summed E-state index contributed by atoms with van der Waals surface area (Å²) in [6, 6.07) is 6.46. The smallest absolute Gasteiger partial charge is 0.739 e. The van der Waals surface area contributed by atoms with Crippen LogP contribution in [0.1, 0.15) is 10.4 Å². The Bertz CT molecular complexity index is 457. The van der Waals surface area contributed by atoms with E-state index >= 15 is 0 Å². The van der Waals surface area contributed by atoms with E-state index in [-0.39, 0.29) is 51.9 Å². The molecule has 82 valence electrons. The molecule has 0 heterocycles. The first-order valence-corrected chi connectivity index (χ1v) is 7.48. The summed E-state index contributed by atoms with van der Waals surface area (Å²) in [5, 5.41) is 0. The monoisotopic (exact) mass is 332 g/mol. The molecule has 1 aromatic rings. The molecular weight excluding hydrogens is 327 g/mol. The van der Waals surface area contributed by atoms with Crippen LogP contribution in [0.25, 0.3) is 0 Å². The topological polar surface area (TPSA) is 74.3 Å². The average molecular weight is 333 g/mol. The van der Waals surface area contributed by atoms with Crippen molar-refractivity contribution in [3.8, 4) is 0 Å². The molecule has 0 saturated carbocycles. The molecule has 16 heavy (non-hydrogen) atoms. The maximum Gasteiger partial charge on any atom is 1.00 e. The van der Waals surface area contributed by atoms with Gasteiger partial charge < -0.3 is 4.55 Å². The summed E-state index contributed by atoms with van der Waals surface area (Å²) in [5.74, 6) is -0.736. The largest absolute Gasteiger partial charge is 1.00 e. The van der Waals surface area contributed by atoms with Crippen LogP contribution in [-0.4, -0.2) is 24.5 Å². The predicted molar refractivity (Wildman–Crippen MR) is 60.6 cm³/mol. The molecule has 4 nitrogen and oxygen atoms in total. The van der Waals surface area contributed by atoms with Crippen LogP contribution < -0.4 is 29.6 Å². The zero-order valence-corrected chi connectivity index (χ0v) is 13.6. The van der Waals surface area contributed by atoms with Gasteiger partial charge in [-0.2, -0.15) is 0 Å². The Morgan fingerprint density at radius 1 is 1.31 bits per heavy atom. The molecule has 0 saturated heterocycles. The summed E-state index contributed by atoms with van der Waals surface area (Å²) in [6.45, 7) is 0. The second kappa shape index (κ2) is 7.15. The summed E-state index contributed by atoms with van der Waals surface area (Å²) in [6.07, 6.45) is 0. The van der Waals surface area contributed by atoms with Crippen molar-refractivity contribution in [2.45, 2.75) is 0 Å². The maximum absolute atomic E-state index is 11.4. The summed E-state index contributed by atoms with van der Waals surface area (Å²) < 4.78 is 31.6. The van der Waals surface area contributed by atoms with Gasteiger partial charge in [0.05, 0.1) is 5.75 Å². The van der Waals surface area contributed by atoms with Gasteiger partial charge >= 0.3 is 29.6 Å². The van der Waals surface area contributed by atoms with Crippen LogP contribution in [0, 0.1) is 0 Å². The zero-order chi connectivity index (χ0) is 11.5.